The fourth-order valence-electron chi connectivity index (χ4n) is 2.81. The van der Waals surface area contributed by atoms with Crippen molar-refractivity contribution in [3.8, 4) is 0 Å². The Morgan fingerprint density at radius 2 is 1.67 bits per heavy atom. The molecule has 1 aliphatic carbocycles. The van der Waals surface area contributed by atoms with Gasteiger partial charge in [0, 0.05) is 25.0 Å². The highest BCUT2D eigenvalue weighted by molar-refractivity contribution is 4.95. The van der Waals surface area contributed by atoms with Crippen LogP contribution in [0.2, 0.25) is 0 Å². The molecule has 2 aliphatic rings. The summed E-state index contributed by atoms with van der Waals surface area (Å²) in [5.41, 5.74) is 23.0. The first-order chi connectivity index (χ1) is 9.85. The van der Waals surface area contributed by atoms with Crippen LogP contribution < -0.4 is 22.9 Å². The molecule has 9 atom stereocenters. The lowest BCUT2D eigenvalue weighted by molar-refractivity contribution is -0.276. The minimum Gasteiger partial charge on any atom is -0.391 e. The summed E-state index contributed by atoms with van der Waals surface area (Å²) in [5.74, 6) is 0. The van der Waals surface area contributed by atoms with Gasteiger partial charge >= 0.3 is 0 Å². The second kappa shape index (κ2) is 6.82. The van der Waals surface area contributed by atoms with Gasteiger partial charge in [-0.2, -0.15) is 0 Å². The standard InChI is InChI=1S/C12H26N4O5/c13-3-8-10(18)11(19)9(16)12(21-8)20-7-2-6(17)4(14)1-5(7)15/h4-12,17-19H,1-3,13-16H2/t4-,5-,6-,7-,8-,9-,10-,11-,12+/m1/s1. The van der Waals surface area contributed by atoms with E-state index < -0.39 is 42.9 Å². The fraction of sp³-hybridized carbons (Fsp3) is 1.00. The number of ether oxygens (including phenoxy) is 2. The molecule has 0 spiro atoms. The molecule has 2 fully saturated rings. The van der Waals surface area contributed by atoms with Crippen LogP contribution in [0.1, 0.15) is 12.8 Å². The van der Waals surface area contributed by atoms with E-state index in [0.717, 1.165) is 0 Å². The Labute approximate surface area is 123 Å². The van der Waals surface area contributed by atoms with Crippen LogP contribution in [0.15, 0.2) is 0 Å². The predicted molar refractivity (Wildman–Crippen MR) is 73.8 cm³/mol. The molecule has 1 saturated carbocycles. The maximum absolute atomic E-state index is 9.92. The Morgan fingerprint density at radius 1 is 1.00 bits per heavy atom. The fourth-order valence-corrected chi connectivity index (χ4v) is 2.81. The van der Waals surface area contributed by atoms with Crippen molar-refractivity contribution in [2.45, 2.75) is 67.8 Å². The summed E-state index contributed by atoms with van der Waals surface area (Å²) < 4.78 is 11.2. The van der Waals surface area contributed by atoms with Crippen molar-refractivity contribution in [2.24, 2.45) is 22.9 Å². The summed E-state index contributed by atoms with van der Waals surface area (Å²) in [6.07, 6.45) is -4.60. The minimum atomic E-state index is -1.20. The van der Waals surface area contributed by atoms with Gasteiger partial charge < -0.3 is 47.7 Å². The monoisotopic (exact) mass is 306 g/mol. The van der Waals surface area contributed by atoms with E-state index in [-0.39, 0.29) is 25.0 Å². The third-order valence-corrected chi connectivity index (χ3v) is 4.28. The number of rotatable bonds is 3. The summed E-state index contributed by atoms with van der Waals surface area (Å²) in [7, 11) is 0. The molecule has 124 valence electrons. The highest BCUT2D eigenvalue weighted by Gasteiger charge is 2.45. The summed E-state index contributed by atoms with van der Waals surface area (Å²) in [5, 5.41) is 29.5. The van der Waals surface area contributed by atoms with Gasteiger partial charge in [0.2, 0.25) is 0 Å². The van der Waals surface area contributed by atoms with E-state index in [2.05, 4.69) is 0 Å². The van der Waals surface area contributed by atoms with Crippen molar-refractivity contribution in [3.05, 3.63) is 0 Å². The third-order valence-electron chi connectivity index (χ3n) is 4.28. The van der Waals surface area contributed by atoms with Crippen LogP contribution in [0.3, 0.4) is 0 Å². The molecule has 0 unspecified atom stereocenters. The Hall–Kier alpha value is -0.360. The van der Waals surface area contributed by atoms with Crippen molar-refractivity contribution in [2.75, 3.05) is 6.54 Å². The molecule has 0 aromatic heterocycles. The average Bonchev–Trinajstić information content (AvgIpc) is 2.45. The Kier molecular flexibility index (Phi) is 5.52. The topological polar surface area (TPSA) is 183 Å². The maximum atomic E-state index is 9.92. The lowest BCUT2D eigenvalue weighted by atomic mass is 9.87. The minimum absolute atomic E-state index is 0.0228. The summed E-state index contributed by atoms with van der Waals surface area (Å²) in [6, 6.07) is -1.67. The van der Waals surface area contributed by atoms with E-state index in [0.29, 0.717) is 6.42 Å². The number of aliphatic hydroxyl groups is 3. The molecule has 2 rings (SSSR count). The molecule has 1 heterocycles. The summed E-state index contributed by atoms with van der Waals surface area (Å²) in [6.45, 7) is 0.0228. The summed E-state index contributed by atoms with van der Waals surface area (Å²) >= 11 is 0. The van der Waals surface area contributed by atoms with E-state index in [1.54, 1.807) is 0 Å². The lowest BCUT2D eigenvalue weighted by Crippen LogP contribution is -2.65. The molecule has 9 heteroatoms. The van der Waals surface area contributed by atoms with Crippen molar-refractivity contribution in [1.82, 2.24) is 0 Å². The van der Waals surface area contributed by atoms with Gasteiger partial charge in [-0.3, -0.25) is 0 Å². The Morgan fingerprint density at radius 3 is 2.29 bits per heavy atom. The SMILES string of the molecule is NC[C@H]1O[C@H](O[C@@H]2C[C@@H](O)[C@H](N)C[C@H]2N)[C@H](N)[C@@H](O)[C@@H]1O. The van der Waals surface area contributed by atoms with E-state index in [1.807, 2.05) is 0 Å². The van der Waals surface area contributed by atoms with Crippen molar-refractivity contribution < 1.29 is 24.8 Å². The first kappa shape index (κ1) is 17.0. The molecule has 21 heavy (non-hydrogen) atoms. The van der Waals surface area contributed by atoms with Crippen LogP contribution in [0.25, 0.3) is 0 Å². The van der Waals surface area contributed by atoms with E-state index in [4.69, 9.17) is 32.4 Å². The molecule has 1 aliphatic heterocycles. The second-order valence-electron chi connectivity index (χ2n) is 5.88. The first-order valence-electron chi connectivity index (χ1n) is 7.17. The zero-order chi connectivity index (χ0) is 15.7. The predicted octanol–water partition coefficient (Wildman–Crippen LogP) is -4.09. The van der Waals surface area contributed by atoms with Crippen molar-refractivity contribution >= 4 is 0 Å². The molecule has 0 bridgehead atoms. The van der Waals surface area contributed by atoms with Gasteiger partial charge in [0.05, 0.1) is 18.2 Å². The van der Waals surface area contributed by atoms with Crippen LogP contribution in [-0.2, 0) is 9.47 Å². The quantitative estimate of drug-likeness (QED) is 0.272. The number of aliphatic hydroxyl groups excluding tert-OH is 3. The molecule has 0 radical (unpaired) electrons. The molecular weight excluding hydrogens is 280 g/mol. The van der Waals surface area contributed by atoms with Crippen LogP contribution in [0, 0.1) is 0 Å². The molecule has 0 aromatic rings. The largest absolute Gasteiger partial charge is 0.391 e. The highest BCUT2D eigenvalue weighted by Crippen LogP contribution is 2.26. The van der Waals surface area contributed by atoms with Crippen molar-refractivity contribution in [1.29, 1.82) is 0 Å². The maximum Gasteiger partial charge on any atom is 0.176 e. The zero-order valence-electron chi connectivity index (χ0n) is 11.8. The molecule has 1 saturated heterocycles. The van der Waals surface area contributed by atoms with E-state index in [9.17, 15) is 15.3 Å². The molecule has 11 N–H and O–H groups in total. The highest BCUT2D eigenvalue weighted by atomic mass is 16.7. The number of nitrogens with two attached hydrogens (primary N) is 4. The van der Waals surface area contributed by atoms with Gasteiger partial charge in [0.15, 0.2) is 6.29 Å². The van der Waals surface area contributed by atoms with Gasteiger partial charge in [0.1, 0.15) is 18.3 Å². The van der Waals surface area contributed by atoms with E-state index >= 15 is 0 Å². The Bertz CT molecular complexity index is 348. The average molecular weight is 306 g/mol. The Balaban J connectivity index is 2.01. The van der Waals surface area contributed by atoms with Crippen LogP contribution in [0.4, 0.5) is 0 Å². The van der Waals surface area contributed by atoms with Crippen LogP contribution in [-0.4, -0.2) is 76.8 Å². The summed E-state index contributed by atoms with van der Waals surface area (Å²) in [4.78, 5) is 0. The second-order valence-corrected chi connectivity index (χ2v) is 5.88. The van der Waals surface area contributed by atoms with Gasteiger partial charge in [-0.25, -0.2) is 0 Å². The normalized spacial score (nSPS) is 51.9. The smallest absolute Gasteiger partial charge is 0.176 e. The van der Waals surface area contributed by atoms with Gasteiger partial charge in [-0.1, -0.05) is 0 Å². The third kappa shape index (κ3) is 3.52. The molecule has 0 aromatic carbocycles. The van der Waals surface area contributed by atoms with Crippen LogP contribution in [0.5, 0.6) is 0 Å². The number of hydrogen-bond acceptors (Lipinski definition) is 9. The lowest BCUT2D eigenvalue weighted by Gasteiger charge is -2.44. The van der Waals surface area contributed by atoms with Crippen molar-refractivity contribution in [3.63, 3.8) is 0 Å². The van der Waals surface area contributed by atoms with E-state index in [1.165, 1.54) is 0 Å². The first-order valence-corrected chi connectivity index (χ1v) is 7.17. The van der Waals surface area contributed by atoms with Crippen LogP contribution >= 0.6 is 0 Å². The molecule has 0 amide bonds. The molecular formula is C12H26N4O5. The van der Waals surface area contributed by atoms with Gasteiger partial charge in [0.25, 0.3) is 0 Å². The zero-order valence-corrected chi connectivity index (χ0v) is 11.8. The number of hydrogen-bond donors (Lipinski definition) is 7. The van der Waals surface area contributed by atoms with Gasteiger partial charge in [-0.05, 0) is 6.42 Å². The van der Waals surface area contributed by atoms with Gasteiger partial charge in [-0.15, -0.1) is 0 Å². The molecule has 9 nitrogen and oxygen atoms in total.